The summed E-state index contributed by atoms with van der Waals surface area (Å²) in [6.45, 7) is 4.89. The Kier molecular flexibility index (Phi) is 5.50. The van der Waals surface area contributed by atoms with Crippen LogP contribution in [0.15, 0.2) is 42.6 Å². The maximum Gasteiger partial charge on any atom is 0.241 e. The number of aromatic nitrogens is 1. The van der Waals surface area contributed by atoms with Gasteiger partial charge in [0, 0.05) is 37.4 Å². The summed E-state index contributed by atoms with van der Waals surface area (Å²) in [6.07, 6.45) is 1.78. The third-order valence-corrected chi connectivity index (χ3v) is 4.64. The van der Waals surface area contributed by atoms with Gasteiger partial charge in [0.2, 0.25) is 5.91 Å². The largest absolute Gasteiger partial charge is 0.354 e. The van der Waals surface area contributed by atoms with Gasteiger partial charge in [0.05, 0.1) is 11.7 Å². The Morgan fingerprint density at radius 1 is 1.24 bits per heavy atom. The van der Waals surface area contributed by atoms with E-state index in [0.717, 1.165) is 32.0 Å². The second kappa shape index (κ2) is 7.80. The van der Waals surface area contributed by atoms with Crippen molar-refractivity contribution >= 4 is 29.0 Å². The highest BCUT2D eigenvalue weighted by Crippen LogP contribution is 2.20. The molecule has 1 unspecified atom stereocenters. The van der Waals surface area contributed by atoms with Crippen LogP contribution in [-0.2, 0) is 4.79 Å². The van der Waals surface area contributed by atoms with Gasteiger partial charge in [0.15, 0.2) is 0 Å². The summed E-state index contributed by atoms with van der Waals surface area (Å²) in [5, 5.41) is 3.01. The van der Waals surface area contributed by atoms with Crippen LogP contribution in [0, 0.1) is 5.82 Å². The van der Waals surface area contributed by atoms with E-state index >= 15 is 0 Å². The summed E-state index contributed by atoms with van der Waals surface area (Å²) in [5.74, 6) is 0.206. The van der Waals surface area contributed by atoms with Crippen molar-refractivity contribution in [3.05, 3.63) is 53.4 Å². The minimum Gasteiger partial charge on any atom is -0.354 e. The Morgan fingerprint density at radius 2 is 2.00 bits per heavy atom. The first-order valence-corrected chi connectivity index (χ1v) is 8.58. The van der Waals surface area contributed by atoms with E-state index in [1.165, 1.54) is 18.2 Å². The molecule has 132 valence electrons. The Labute approximate surface area is 151 Å². The van der Waals surface area contributed by atoms with Crippen molar-refractivity contribution in [1.82, 2.24) is 9.88 Å². The molecule has 1 fully saturated rings. The lowest BCUT2D eigenvalue weighted by Gasteiger charge is -2.37. The second-order valence-corrected chi connectivity index (χ2v) is 6.44. The quantitative estimate of drug-likeness (QED) is 0.908. The minimum absolute atomic E-state index is 0.108. The molecule has 0 spiro atoms. The standard InChI is InChI=1S/C18H20ClFN4O/c1-13(18(25)22-16-12-14(19)5-6-15(16)20)23-8-10-24(11-9-23)17-4-2-3-7-21-17/h2-7,12-13H,8-11H2,1H3,(H,22,25). The van der Waals surface area contributed by atoms with E-state index in [0.29, 0.717) is 5.02 Å². The van der Waals surface area contributed by atoms with Crippen LogP contribution in [0.3, 0.4) is 0 Å². The Balaban J connectivity index is 1.57. The molecular formula is C18H20ClFN4O. The SMILES string of the molecule is CC(C(=O)Nc1cc(Cl)ccc1F)N1CCN(c2ccccn2)CC1. The molecule has 1 aliphatic heterocycles. The molecule has 0 bridgehead atoms. The number of carbonyl (C=O) groups excluding carboxylic acids is 1. The molecule has 3 rings (SSSR count). The van der Waals surface area contributed by atoms with E-state index < -0.39 is 5.82 Å². The number of pyridine rings is 1. The van der Waals surface area contributed by atoms with E-state index in [1.54, 1.807) is 6.20 Å². The van der Waals surface area contributed by atoms with Gasteiger partial charge >= 0.3 is 0 Å². The molecular weight excluding hydrogens is 343 g/mol. The second-order valence-electron chi connectivity index (χ2n) is 6.00. The van der Waals surface area contributed by atoms with Crippen LogP contribution in [0.5, 0.6) is 0 Å². The first-order valence-electron chi connectivity index (χ1n) is 8.20. The zero-order valence-corrected chi connectivity index (χ0v) is 14.7. The average molecular weight is 363 g/mol. The van der Waals surface area contributed by atoms with Gasteiger partial charge in [-0.2, -0.15) is 0 Å². The van der Waals surface area contributed by atoms with E-state index in [4.69, 9.17) is 11.6 Å². The lowest BCUT2D eigenvalue weighted by Crippen LogP contribution is -2.53. The van der Waals surface area contributed by atoms with Crippen molar-refractivity contribution in [2.24, 2.45) is 0 Å². The predicted octanol–water partition coefficient (Wildman–Crippen LogP) is 3.02. The first kappa shape index (κ1) is 17.6. The van der Waals surface area contributed by atoms with Gasteiger partial charge < -0.3 is 10.2 Å². The van der Waals surface area contributed by atoms with Crippen LogP contribution in [0.2, 0.25) is 5.02 Å². The van der Waals surface area contributed by atoms with Gasteiger partial charge in [-0.3, -0.25) is 9.69 Å². The highest BCUT2D eigenvalue weighted by atomic mass is 35.5. The third kappa shape index (κ3) is 4.27. The van der Waals surface area contributed by atoms with Gasteiger partial charge in [-0.1, -0.05) is 17.7 Å². The predicted molar refractivity (Wildman–Crippen MR) is 97.5 cm³/mol. The highest BCUT2D eigenvalue weighted by molar-refractivity contribution is 6.30. The molecule has 1 aliphatic rings. The number of piperazine rings is 1. The van der Waals surface area contributed by atoms with Gasteiger partial charge in [-0.05, 0) is 37.3 Å². The molecule has 1 amide bonds. The van der Waals surface area contributed by atoms with E-state index in [-0.39, 0.29) is 17.6 Å². The zero-order valence-electron chi connectivity index (χ0n) is 14.0. The number of benzene rings is 1. The van der Waals surface area contributed by atoms with Gasteiger partial charge in [0.25, 0.3) is 0 Å². The van der Waals surface area contributed by atoms with Crippen LogP contribution in [0.4, 0.5) is 15.9 Å². The minimum atomic E-state index is -0.495. The average Bonchev–Trinajstić information content (AvgIpc) is 2.65. The molecule has 1 aromatic carbocycles. The van der Waals surface area contributed by atoms with Crippen molar-refractivity contribution in [3.8, 4) is 0 Å². The molecule has 7 heteroatoms. The van der Waals surface area contributed by atoms with Crippen LogP contribution < -0.4 is 10.2 Å². The molecule has 0 aliphatic carbocycles. The first-order chi connectivity index (χ1) is 12.0. The van der Waals surface area contributed by atoms with Crippen molar-refractivity contribution < 1.29 is 9.18 Å². The van der Waals surface area contributed by atoms with E-state index in [1.807, 2.05) is 25.1 Å². The molecule has 5 nitrogen and oxygen atoms in total. The number of amides is 1. The maximum atomic E-state index is 13.8. The summed E-state index contributed by atoms with van der Waals surface area (Å²) in [5.41, 5.74) is 0.108. The fourth-order valence-electron chi connectivity index (χ4n) is 2.88. The monoisotopic (exact) mass is 362 g/mol. The van der Waals surface area contributed by atoms with Crippen molar-refractivity contribution in [2.75, 3.05) is 36.4 Å². The van der Waals surface area contributed by atoms with Crippen LogP contribution in [0.25, 0.3) is 0 Å². The van der Waals surface area contributed by atoms with Crippen LogP contribution >= 0.6 is 11.6 Å². The number of halogens is 2. The lowest BCUT2D eigenvalue weighted by atomic mass is 10.2. The number of hydrogen-bond acceptors (Lipinski definition) is 4. The molecule has 1 saturated heterocycles. The van der Waals surface area contributed by atoms with Gasteiger partial charge in [-0.15, -0.1) is 0 Å². The van der Waals surface area contributed by atoms with Crippen LogP contribution in [-0.4, -0.2) is 48.0 Å². The van der Waals surface area contributed by atoms with E-state index in [9.17, 15) is 9.18 Å². The summed E-state index contributed by atoms with van der Waals surface area (Å²) < 4.78 is 13.8. The Hall–Kier alpha value is -2.18. The summed E-state index contributed by atoms with van der Waals surface area (Å²) >= 11 is 5.86. The van der Waals surface area contributed by atoms with Crippen molar-refractivity contribution in [2.45, 2.75) is 13.0 Å². The number of anilines is 2. The number of rotatable bonds is 4. The highest BCUT2D eigenvalue weighted by Gasteiger charge is 2.26. The summed E-state index contributed by atoms with van der Waals surface area (Å²) in [7, 11) is 0. The Morgan fingerprint density at radius 3 is 2.68 bits per heavy atom. The maximum absolute atomic E-state index is 13.8. The molecule has 2 heterocycles. The normalized spacial score (nSPS) is 16.5. The molecule has 25 heavy (non-hydrogen) atoms. The molecule has 1 aromatic heterocycles. The third-order valence-electron chi connectivity index (χ3n) is 4.40. The van der Waals surface area contributed by atoms with Crippen molar-refractivity contribution in [3.63, 3.8) is 0 Å². The number of nitrogens with zero attached hydrogens (tertiary/aromatic N) is 3. The van der Waals surface area contributed by atoms with Gasteiger partial charge in [0.1, 0.15) is 11.6 Å². The van der Waals surface area contributed by atoms with Crippen molar-refractivity contribution in [1.29, 1.82) is 0 Å². The fourth-order valence-corrected chi connectivity index (χ4v) is 3.05. The molecule has 0 saturated carbocycles. The Bertz CT molecular complexity index is 735. The van der Waals surface area contributed by atoms with E-state index in [2.05, 4.69) is 20.1 Å². The molecule has 0 radical (unpaired) electrons. The lowest BCUT2D eigenvalue weighted by molar-refractivity contribution is -0.120. The summed E-state index contributed by atoms with van der Waals surface area (Å²) in [4.78, 5) is 21.1. The number of nitrogens with one attached hydrogen (secondary N) is 1. The molecule has 1 N–H and O–H groups in total. The van der Waals surface area contributed by atoms with Gasteiger partial charge in [-0.25, -0.2) is 9.37 Å². The topological polar surface area (TPSA) is 48.5 Å². The van der Waals surface area contributed by atoms with Crippen LogP contribution in [0.1, 0.15) is 6.92 Å². The smallest absolute Gasteiger partial charge is 0.241 e. The fraction of sp³-hybridized carbons (Fsp3) is 0.333. The molecule has 2 aromatic rings. The molecule has 1 atom stereocenters. The summed E-state index contributed by atoms with van der Waals surface area (Å²) in [6, 6.07) is 9.59. The zero-order chi connectivity index (χ0) is 17.8. The number of carbonyl (C=O) groups is 1. The number of hydrogen-bond donors (Lipinski definition) is 1.